The van der Waals surface area contributed by atoms with Crippen molar-refractivity contribution >= 4 is 0 Å². The molecule has 4 atom stereocenters. The van der Waals surface area contributed by atoms with E-state index in [-0.39, 0.29) is 5.60 Å². The standard InChI is InChI=1S/C9H14O/c10-9-2-1-7-3-6(5-9)4-8(7)9/h6-8,10H,1-5H2/t6-,7+,8-,9+/m0/s1. The van der Waals surface area contributed by atoms with Gasteiger partial charge in [0.05, 0.1) is 5.60 Å². The van der Waals surface area contributed by atoms with Gasteiger partial charge in [0.1, 0.15) is 0 Å². The predicted molar refractivity (Wildman–Crippen MR) is 38.5 cm³/mol. The molecule has 3 aliphatic rings. The van der Waals surface area contributed by atoms with Crippen LogP contribution in [0.4, 0.5) is 0 Å². The van der Waals surface area contributed by atoms with E-state index in [1.807, 2.05) is 0 Å². The number of fused-ring (bicyclic) bond motifs is 1. The van der Waals surface area contributed by atoms with Crippen molar-refractivity contribution in [1.29, 1.82) is 0 Å². The molecular weight excluding hydrogens is 124 g/mol. The average Bonchev–Trinajstić information content (AvgIpc) is 2.39. The van der Waals surface area contributed by atoms with Gasteiger partial charge in [-0.3, -0.25) is 0 Å². The molecule has 3 saturated carbocycles. The quantitative estimate of drug-likeness (QED) is 0.538. The van der Waals surface area contributed by atoms with E-state index in [0.717, 1.165) is 30.6 Å². The Kier molecular flexibility index (Phi) is 0.797. The Morgan fingerprint density at radius 3 is 2.80 bits per heavy atom. The van der Waals surface area contributed by atoms with E-state index in [0.29, 0.717) is 0 Å². The van der Waals surface area contributed by atoms with Gasteiger partial charge in [0.2, 0.25) is 0 Å². The molecule has 3 rings (SSSR count). The third-order valence-corrected chi connectivity index (χ3v) is 4.07. The first-order chi connectivity index (χ1) is 4.78. The van der Waals surface area contributed by atoms with Gasteiger partial charge in [-0.05, 0) is 49.9 Å². The van der Waals surface area contributed by atoms with E-state index in [1.54, 1.807) is 0 Å². The maximum atomic E-state index is 10.0. The van der Waals surface area contributed by atoms with Gasteiger partial charge in [-0.25, -0.2) is 0 Å². The van der Waals surface area contributed by atoms with Crippen LogP contribution < -0.4 is 0 Å². The fraction of sp³-hybridized carbons (Fsp3) is 1.00. The lowest BCUT2D eigenvalue weighted by Gasteiger charge is -2.27. The average molecular weight is 138 g/mol. The van der Waals surface area contributed by atoms with Gasteiger partial charge in [-0.2, -0.15) is 0 Å². The molecule has 0 unspecified atom stereocenters. The van der Waals surface area contributed by atoms with Crippen molar-refractivity contribution in [2.75, 3.05) is 0 Å². The van der Waals surface area contributed by atoms with Gasteiger partial charge < -0.3 is 5.11 Å². The number of hydrogen-bond donors (Lipinski definition) is 1. The van der Waals surface area contributed by atoms with Crippen LogP contribution in [-0.4, -0.2) is 10.7 Å². The molecule has 0 aromatic carbocycles. The van der Waals surface area contributed by atoms with Gasteiger partial charge in [-0.15, -0.1) is 0 Å². The highest BCUT2D eigenvalue weighted by Crippen LogP contribution is 2.61. The van der Waals surface area contributed by atoms with Gasteiger partial charge in [-0.1, -0.05) is 0 Å². The second-order valence-electron chi connectivity index (χ2n) is 4.55. The first kappa shape index (κ1) is 5.59. The molecule has 56 valence electrons. The summed E-state index contributed by atoms with van der Waals surface area (Å²) in [4.78, 5) is 0. The van der Waals surface area contributed by atoms with Crippen LogP contribution in [0.15, 0.2) is 0 Å². The zero-order valence-corrected chi connectivity index (χ0v) is 6.21. The lowest BCUT2D eigenvalue weighted by Crippen LogP contribution is -2.31. The normalized spacial score (nSPS) is 63.9. The lowest BCUT2D eigenvalue weighted by atomic mass is 9.85. The SMILES string of the molecule is O[C@@]12CC[C@@H]3C[C@@H](C[C@@H]31)C2. The van der Waals surface area contributed by atoms with E-state index in [4.69, 9.17) is 0 Å². The maximum absolute atomic E-state index is 10.0. The molecule has 2 bridgehead atoms. The summed E-state index contributed by atoms with van der Waals surface area (Å²) in [6.45, 7) is 0. The molecule has 10 heavy (non-hydrogen) atoms. The Morgan fingerprint density at radius 2 is 2.20 bits per heavy atom. The van der Waals surface area contributed by atoms with Crippen molar-refractivity contribution < 1.29 is 5.11 Å². The summed E-state index contributed by atoms with van der Waals surface area (Å²) in [5.41, 5.74) is -0.173. The highest BCUT2D eigenvalue weighted by atomic mass is 16.3. The summed E-state index contributed by atoms with van der Waals surface area (Å²) < 4.78 is 0. The second kappa shape index (κ2) is 1.42. The molecule has 0 aliphatic heterocycles. The van der Waals surface area contributed by atoms with Crippen LogP contribution in [0.2, 0.25) is 0 Å². The molecule has 1 heteroatoms. The van der Waals surface area contributed by atoms with Crippen molar-refractivity contribution in [1.82, 2.24) is 0 Å². The number of hydrogen-bond acceptors (Lipinski definition) is 1. The molecule has 3 aliphatic carbocycles. The molecule has 0 aromatic rings. The van der Waals surface area contributed by atoms with Gasteiger partial charge >= 0.3 is 0 Å². The summed E-state index contributed by atoms with van der Waals surface area (Å²) in [6.07, 6.45) is 6.35. The monoisotopic (exact) mass is 138 g/mol. The Balaban J connectivity index is 2.05. The minimum atomic E-state index is -0.173. The number of rotatable bonds is 0. The van der Waals surface area contributed by atoms with Gasteiger partial charge in [0.25, 0.3) is 0 Å². The van der Waals surface area contributed by atoms with Crippen LogP contribution in [0.25, 0.3) is 0 Å². The minimum Gasteiger partial charge on any atom is -0.390 e. The minimum absolute atomic E-state index is 0.173. The first-order valence-corrected chi connectivity index (χ1v) is 4.50. The van der Waals surface area contributed by atoms with Gasteiger partial charge in [0.15, 0.2) is 0 Å². The largest absolute Gasteiger partial charge is 0.390 e. The van der Waals surface area contributed by atoms with Crippen molar-refractivity contribution in [3.05, 3.63) is 0 Å². The molecule has 0 amide bonds. The molecule has 3 fully saturated rings. The Morgan fingerprint density at radius 1 is 1.30 bits per heavy atom. The first-order valence-electron chi connectivity index (χ1n) is 4.50. The van der Waals surface area contributed by atoms with Crippen molar-refractivity contribution in [3.63, 3.8) is 0 Å². The van der Waals surface area contributed by atoms with Crippen LogP contribution in [-0.2, 0) is 0 Å². The van der Waals surface area contributed by atoms with Gasteiger partial charge in [0, 0.05) is 0 Å². The Labute approximate surface area is 61.4 Å². The van der Waals surface area contributed by atoms with Crippen LogP contribution in [0.3, 0.4) is 0 Å². The fourth-order valence-electron chi connectivity index (χ4n) is 3.76. The third-order valence-electron chi connectivity index (χ3n) is 4.07. The predicted octanol–water partition coefficient (Wildman–Crippen LogP) is 1.56. The van der Waals surface area contributed by atoms with E-state index in [9.17, 15) is 5.11 Å². The molecule has 0 heterocycles. The van der Waals surface area contributed by atoms with E-state index >= 15 is 0 Å². The van der Waals surface area contributed by atoms with Crippen LogP contribution >= 0.6 is 0 Å². The zero-order valence-electron chi connectivity index (χ0n) is 6.21. The van der Waals surface area contributed by atoms with E-state index < -0.39 is 0 Å². The van der Waals surface area contributed by atoms with E-state index in [1.165, 1.54) is 19.3 Å². The second-order valence-corrected chi connectivity index (χ2v) is 4.55. The third kappa shape index (κ3) is 0.460. The molecule has 1 nitrogen and oxygen atoms in total. The smallest absolute Gasteiger partial charge is 0.0681 e. The lowest BCUT2D eigenvalue weighted by molar-refractivity contribution is 0.00248. The van der Waals surface area contributed by atoms with Crippen molar-refractivity contribution in [3.8, 4) is 0 Å². The van der Waals surface area contributed by atoms with Crippen molar-refractivity contribution in [2.24, 2.45) is 17.8 Å². The number of aliphatic hydroxyl groups is 1. The summed E-state index contributed by atoms with van der Waals surface area (Å²) in [7, 11) is 0. The fourth-order valence-corrected chi connectivity index (χ4v) is 3.76. The molecule has 1 N–H and O–H groups in total. The summed E-state index contributed by atoms with van der Waals surface area (Å²) >= 11 is 0. The summed E-state index contributed by atoms with van der Waals surface area (Å²) in [6, 6.07) is 0. The topological polar surface area (TPSA) is 20.2 Å². The summed E-state index contributed by atoms with van der Waals surface area (Å²) in [5, 5.41) is 10.0. The molecule has 0 saturated heterocycles. The molecule has 0 aromatic heterocycles. The van der Waals surface area contributed by atoms with Crippen LogP contribution in [0.1, 0.15) is 32.1 Å². The zero-order chi connectivity index (χ0) is 6.77. The maximum Gasteiger partial charge on any atom is 0.0681 e. The van der Waals surface area contributed by atoms with E-state index in [2.05, 4.69) is 0 Å². The van der Waals surface area contributed by atoms with Crippen LogP contribution in [0.5, 0.6) is 0 Å². The highest BCUT2D eigenvalue weighted by Gasteiger charge is 2.58. The Hall–Kier alpha value is -0.0400. The van der Waals surface area contributed by atoms with Crippen molar-refractivity contribution in [2.45, 2.75) is 37.7 Å². The molecule has 0 radical (unpaired) electrons. The Bertz CT molecular complexity index is 178. The van der Waals surface area contributed by atoms with Crippen LogP contribution in [0, 0.1) is 17.8 Å². The molecule has 0 spiro atoms. The highest BCUT2D eigenvalue weighted by molar-refractivity contribution is 5.09. The molecular formula is C9H14O. The summed E-state index contributed by atoms with van der Waals surface area (Å²) in [5.74, 6) is 2.55.